The lowest BCUT2D eigenvalue weighted by atomic mass is 9.90. The lowest BCUT2D eigenvalue weighted by Gasteiger charge is -2.29. The number of ether oxygens (including phenoxy) is 7. The Morgan fingerprint density at radius 2 is 1.37 bits per heavy atom. The van der Waals surface area contributed by atoms with Gasteiger partial charge in [0.1, 0.15) is 62.9 Å². The molecule has 0 radical (unpaired) electrons. The van der Waals surface area contributed by atoms with Gasteiger partial charge in [-0.05, 0) is 35.9 Å². The summed E-state index contributed by atoms with van der Waals surface area (Å²) in [5, 5.41) is 0.0409. The highest BCUT2D eigenvalue weighted by Gasteiger charge is 2.36. The van der Waals surface area contributed by atoms with Gasteiger partial charge in [0.2, 0.25) is 0 Å². The van der Waals surface area contributed by atoms with E-state index in [1.165, 1.54) is 66.4 Å². The van der Waals surface area contributed by atoms with Gasteiger partial charge in [-0.25, -0.2) is 0 Å². The van der Waals surface area contributed by atoms with E-state index in [1.54, 1.807) is 42.5 Å². The number of hydrogen-bond donors (Lipinski definition) is 0. The Balaban J connectivity index is 1.50. The van der Waals surface area contributed by atoms with Crippen LogP contribution in [0, 0.1) is 0 Å². The number of carbonyl (C=O) groups is 4. The number of carbonyl (C=O) groups excluding carboxylic acids is 4. The lowest BCUT2D eigenvalue weighted by molar-refractivity contribution is -0.132. The molecule has 6 rings (SSSR count). The maximum Gasteiger partial charge on any atom is 0.308 e. The number of hydrogen-bond acceptors (Lipinski definition) is 13. The van der Waals surface area contributed by atoms with Crippen LogP contribution in [0.3, 0.4) is 0 Å². The highest BCUT2D eigenvalue weighted by atomic mass is 16.5. The summed E-state index contributed by atoms with van der Waals surface area (Å²) in [6.45, 7) is 3.71. The van der Waals surface area contributed by atoms with Crippen LogP contribution in [0.5, 0.6) is 40.2 Å². The van der Waals surface area contributed by atoms with Crippen LogP contribution in [0.1, 0.15) is 49.2 Å². The van der Waals surface area contributed by atoms with Crippen molar-refractivity contribution in [3.63, 3.8) is 0 Å². The van der Waals surface area contributed by atoms with Crippen LogP contribution in [0.25, 0.3) is 33.4 Å². The minimum atomic E-state index is -0.708. The van der Waals surface area contributed by atoms with Gasteiger partial charge in [0.25, 0.3) is 0 Å². The predicted octanol–water partition coefficient (Wildman–Crippen LogP) is 6.64. The van der Waals surface area contributed by atoms with Crippen LogP contribution in [0.2, 0.25) is 0 Å². The van der Waals surface area contributed by atoms with Crippen molar-refractivity contribution in [3.05, 3.63) is 88.1 Å². The monoisotopic (exact) mass is 708 g/mol. The minimum absolute atomic E-state index is 0.0180. The Morgan fingerprint density at radius 3 is 2.00 bits per heavy atom. The lowest BCUT2D eigenvalue weighted by Crippen LogP contribution is -2.22. The first kappa shape index (κ1) is 35.2. The van der Waals surface area contributed by atoms with Crippen LogP contribution in [-0.2, 0) is 14.4 Å². The molecule has 52 heavy (non-hydrogen) atoms. The summed E-state index contributed by atoms with van der Waals surface area (Å²) in [6.07, 6.45) is -0.807. The fourth-order valence-corrected chi connectivity index (χ4v) is 5.98. The molecule has 266 valence electrons. The van der Waals surface area contributed by atoms with Crippen LogP contribution in [0.4, 0.5) is 0 Å². The van der Waals surface area contributed by atoms with Crippen LogP contribution < -0.4 is 38.6 Å². The van der Waals surface area contributed by atoms with Crippen molar-refractivity contribution in [1.29, 1.82) is 0 Å². The first-order chi connectivity index (χ1) is 24.9. The standard InChI is InChI=1S/C39H32O13/c1-19(40)48-24-10-7-22(8-11-24)30-17-28(44)38-35(51-30)18-32(47-6)36(39(38)50-21(3)42)26-13-23(9-12-29(26)46-5)31-16-27(43)37-33(49-20(2)41)14-25(45-4)15-34(37)52-31/h7-16,18,30H,17H2,1-6H3/t30-/m1/s1. The third-order valence-electron chi connectivity index (χ3n) is 8.12. The maximum atomic E-state index is 13.9. The topological polar surface area (TPSA) is 163 Å². The highest BCUT2D eigenvalue weighted by molar-refractivity contribution is 6.07. The molecule has 0 bridgehead atoms. The van der Waals surface area contributed by atoms with Crippen LogP contribution >= 0.6 is 0 Å². The van der Waals surface area contributed by atoms with Gasteiger partial charge in [0.15, 0.2) is 17.0 Å². The highest BCUT2D eigenvalue weighted by Crippen LogP contribution is 2.52. The molecule has 0 N–H and O–H groups in total. The SMILES string of the molecule is COc1cc(OC(C)=O)c2c(=O)cc(-c3ccc(OC)c(-c4c(OC)cc5c(c4OC(C)=O)C(=O)C[C@H](c4ccc(OC(C)=O)cc4)O5)c3)oc2c1. The summed E-state index contributed by atoms with van der Waals surface area (Å²) in [5.74, 6) is -0.924. The number of esters is 3. The molecule has 0 unspecified atom stereocenters. The smallest absolute Gasteiger partial charge is 0.308 e. The average molecular weight is 709 g/mol. The molecule has 0 amide bonds. The molecule has 13 nitrogen and oxygen atoms in total. The van der Waals surface area contributed by atoms with Gasteiger partial charge >= 0.3 is 17.9 Å². The molecule has 0 aliphatic carbocycles. The third-order valence-corrected chi connectivity index (χ3v) is 8.12. The number of rotatable bonds is 9. The summed E-state index contributed by atoms with van der Waals surface area (Å²) in [5.41, 5.74) is 1.22. The molecule has 1 aromatic heterocycles. The molecule has 1 atom stereocenters. The summed E-state index contributed by atoms with van der Waals surface area (Å²) in [7, 11) is 4.27. The second-order valence-electron chi connectivity index (χ2n) is 11.6. The Hall–Kier alpha value is -6.63. The van der Waals surface area contributed by atoms with E-state index in [4.69, 9.17) is 37.6 Å². The summed E-state index contributed by atoms with van der Waals surface area (Å²) < 4.78 is 45.4. The van der Waals surface area contributed by atoms with E-state index in [2.05, 4.69) is 0 Å². The molecule has 1 aliphatic heterocycles. The Morgan fingerprint density at radius 1 is 0.673 bits per heavy atom. The maximum absolute atomic E-state index is 13.9. The quantitative estimate of drug-likeness (QED) is 0.118. The zero-order chi connectivity index (χ0) is 37.3. The van der Waals surface area contributed by atoms with Crippen molar-refractivity contribution in [3.8, 4) is 62.7 Å². The molecule has 0 spiro atoms. The first-order valence-electron chi connectivity index (χ1n) is 15.8. The number of benzene rings is 4. The zero-order valence-corrected chi connectivity index (χ0v) is 28.9. The van der Waals surface area contributed by atoms with E-state index in [0.717, 1.165) is 0 Å². The average Bonchev–Trinajstić information content (AvgIpc) is 3.10. The van der Waals surface area contributed by atoms with E-state index in [-0.39, 0.29) is 68.8 Å². The molecule has 2 heterocycles. The molecule has 0 fully saturated rings. The van der Waals surface area contributed by atoms with Crippen molar-refractivity contribution in [2.75, 3.05) is 21.3 Å². The van der Waals surface area contributed by atoms with E-state index in [1.807, 2.05) is 0 Å². The van der Waals surface area contributed by atoms with Crippen molar-refractivity contribution in [1.82, 2.24) is 0 Å². The zero-order valence-electron chi connectivity index (χ0n) is 28.9. The Kier molecular flexibility index (Phi) is 9.69. The summed E-state index contributed by atoms with van der Waals surface area (Å²) in [6, 6.07) is 17.2. The summed E-state index contributed by atoms with van der Waals surface area (Å²) in [4.78, 5) is 63.0. The van der Waals surface area contributed by atoms with Gasteiger partial charge in [-0.2, -0.15) is 0 Å². The largest absolute Gasteiger partial charge is 0.496 e. The van der Waals surface area contributed by atoms with Gasteiger partial charge in [0, 0.05) is 56.2 Å². The molecule has 13 heteroatoms. The molecule has 1 aliphatic rings. The Bertz CT molecular complexity index is 2320. The van der Waals surface area contributed by atoms with Crippen molar-refractivity contribution in [2.45, 2.75) is 33.3 Å². The normalized spacial score (nSPS) is 13.4. The second-order valence-corrected chi connectivity index (χ2v) is 11.6. The number of Topliss-reactive ketones (excluding diaryl/α,β-unsaturated/α-hetero) is 1. The van der Waals surface area contributed by atoms with Gasteiger partial charge in [-0.15, -0.1) is 0 Å². The van der Waals surface area contributed by atoms with Gasteiger partial charge in [-0.3, -0.25) is 24.0 Å². The Labute approximate surface area is 296 Å². The van der Waals surface area contributed by atoms with Crippen LogP contribution in [0.15, 0.2) is 75.9 Å². The number of ketones is 1. The second kappa shape index (κ2) is 14.3. The molecule has 4 aromatic carbocycles. The molecular weight excluding hydrogens is 676 g/mol. The van der Waals surface area contributed by atoms with E-state index in [0.29, 0.717) is 28.2 Å². The fourth-order valence-electron chi connectivity index (χ4n) is 5.98. The van der Waals surface area contributed by atoms with E-state index < -0.39 is 29.4 Å². The van der Waals surface area contributed by atoms with E-state index >= 15 is 0 Å². The summed E-state index contributed by atoms with van der Waals surface area (Å²) >= 11 is 0. The molecule has 5 aromatic rings. The number of fused-ring (bicyclic) bond motifs is 2. The molecular formula is C39H32O13. The predicted molar refractivity (Wildman–Crippen MR) is 186 cm³/mol. The van der Waals surface area contributed by atoms with Crippen molar-refractivity contribution in [2.24, 2.45) is 0 Å². The van der Waals surface area contributed by atoms with Gasteiger partial charge < -0.3 is 37.6 Å². The van der Waals surface area contributed by atoms with Crippen molar-refractivity contribution < 1.29 is 56.8 Å². The third kappa shape index (κ3) is 6.88. The fraction of sp³-hybridized carbons (Fsp3) is 0.205. The first-order valence-corrected chi connectivity index (χ1v) is 15.8. The molecule has 0 saturated carbocycles. The van der Waals surface area contributed by atoms with E-state index in [9.17, 15) is 24.0 Å². The minimum Gasteiger partial charge on any atom is -0.496 e. The number of methoxy groups -OCH3 is 3. The van der Waals surface area contributed by atoms with Gasteiger partial charge in [-0.1, -0.05) is 12.1 Å². The van der Waals surface area contributed by atoms with Crippen molar-refractivity contribution >= 4 is 34.7 Å². The molecule has 0 saturated heterocycles. The van der Waals surface area contributed by atoms with Crippen LogP contribution in [-0.4, -0.2) is 45.0 Å². The van der Waals surface area contributed by atoms with Gasteiger partial charge in [0.05, 0.1) is 33.3 Å².